The van der Waals surface area contributed by atoms with Gasteiger partial charge in [0, 0.05) is 10.9 Å². The third kappa shape index (κ3) is 3.26. The average Bonchev–Trinajstić information content (AvgIpc) is 2.01. The zero-order valence-electron chi connectivity index (χ0n) is 9.63. The monoisotopic (exact) mass is 211 g/mol. The lowest BCUT2D eigenvalue weighted by molar-refractivity contribution is 0.127. The van der Waals surface area contributed by atoms with Crippen LogP contribution in [0.1, 0.15) is 20.8 Å². The van der Waals surface area contributed by atoms with Crippen molar-refractivity contribution in [2.75, 3.05) is 12.5 Å². The summed E-state index contributed by atoms with van der Waals surface area (Å²) in [5.41, 5.74) is -0.116. The van der Waals surface area contributed by atoms with Crippen LogP contribution in [0.2, 0.25) is 0 Å². The normalized spacial score (nSPS) is 11.9. The summed E-state index contributed by atoms with van der Waals surface area (Å²) in [5.74, 6) is 1.02. The molecule has 78 valence electrons. The molecule has 0 aliphatic heterocycles. The molecular weight excluding hydrogens is 192 g/mol. The third-order valence-corrected chi connectivity index (χ3v) is 2.92. The molecule has 0 aliphatic rings. The molecule has 0 fully saturated rings. The largest absolute Gasteiger partial charge is 0.483 e. The molecule has 1 aromatic carbocycles. The second-order valence-corrected chi connectivity index (χ2v) is 6.55. The maximum absolute atomic E-state index is 5.90. The van der Waals surface area contributed by atoms with Gasteiger partial charge < -0.3 is 4.74 Å². The van der Waals surface area contributed by atoms with Gasteiger partial charge in [-0.25, -0.2) is 0 Å². The van der Waals surface area contributed by atoms with Crippen LogP contribution in [-0.2, 0) is 10.9 Å². The molecule has 0 heterocycles. The summed E-state index contributed by atoms with van der Waals surface area (Å²) < 4.78 is 5.90. The minimum Gasteiger partial charge on any atom is -0.483 e. The summed E-state index contributed by atoms with van der Waals surface area (Å²) >= 11 is 0. The molecule has 1 aromatic rings. The molecule has 2 heteroatoms. The Hall–Kier alpha value is -0.630. The van der Waals surface area contributed by atoms with Gasteiger partial charge in [0.2, 0.25) is 0 Å². The van der Waals surface area contributed by atoms with Crippen LogP contribution < -0.4 is 4.74 Å². The highest BCUT2D eigenvalue weighted by Gasteiger charge is 2.20. The van der Waals surface area contributed by atoms with E-state index in [1.165, 1.54) is 4.90 Å². The van der Waals surface area contributed by atoms with Crippen molar-refractivity contribution >= 4 is 10.9 Å². The second kappa shape index (κ2) is 4.26. The predicted octanol–water partition coefficient (Wildman–Crippen LogP) is 3.10. The van der Waals surface area contributed by atoms with E-state index in [-0.39, 0.29) is 16.5 Å². The van der Waals surface area contributed by atoms with Crippen molar-refractivity contribution in [1.29, 1.82) is 0 Å². The van der Waals surface area contributed by atoms with Gasteiger partial charge in [-0.3, -0.25) is 0 Å². The van der Waals surface area contributed by atoms with Crippen molar-refractivity contribution in [1.82, 2.24) is 0 Å². The van der Waals surface area contributed by atoms with Gasteiger partial charge in [-0.15, -0.1) is 0 Å². The molecule has 0 saturated heterocycles. The van der Waals surface area contributed by atoms with E-state index >= 15 is 0 Å². The quantitative estimate of drug-likeness (QED) is 0.683. The highest BCUT2D eigenvalue weighted by molar-refractivity contribution is 7.95. The van der Waals surface area contributed by atoms with E-state index in [0.717, 1.165) is 5.75 Å². The number of hydrogen-bond acceptors (Lipinski definition) is 1. The Labute approximate surface area is 89.8 Å². The fraction of sp³-hybridized carbons (Fsp3) is 0.500. The van der Waals surface area contributed by atoms with Crippen molar-refractivity contribution in [2.24, 2.45) is 0 Å². The maximum Gasteiger partial charge on any atom is 0.196 e. The van der Waals surface area contributed by atoms with Crippen LogP contribution in [0.4, 0.5) is 0 Å². The van der Waals surface area contributed by atoms with Crippen molar-refractivity contribution < 1.29 is 4.74 Å². The summed E-state index contributed by atoms with van der Waals surface area (Å²) in [6.45, 7) is 6.23. The van der Waals surface area contributed by atoms with E-state index in [2.05, 4.69) is 45.4 Å². The van der Waals surface area contributed by atoms with Crippen LogP contribution in [0.3, 0.4) is 0 Å². The van der Waals surface area contributed by atoms with Gasteiger partial charge in [0.25, 0.3) is 0 Å². The molecule has 0 spiro atoms. The Morgan fingerprint density at radius 1 is 1.07 bits per heavy atom. The Morgan fingerprint density at radius 2 is 1.64 bits per heavy atom. The lowest BCUT2D eigenvalue weighted by atomic mass is 10.2. The standard InChI is InChI=1S/C12H19OS/c1-12(2,3)13-10-8-6-7-9-11(10)14(4)5/h6-9H,1-5H3/q+1. The van der Waals surface area contributed by atoms with Crippen LogP contribution in [0, 0.1) is 0 Å². The van der Waals surface area contributed by atoms with E-state index in [1.54, 1.807) is 0 Å². The van der Waals surface area contributed by atoms with Crippen LogP contribution >= 0.6 is 0 Å². The van der Waals surface area contributed by atoms with Gasteiger partial charge >= 0.3 is 0 Å². The van der Waals surface area contributed by atoms with Gasteiger partial charge in [0.1, 0.15) is 18.1 Å². The molecule has 0 aliphatic carbocycles. The number of rotatable bonds is 2. The van der Waals surface area contributed by atoms with Gasteiger partial charge in [0.05, 0.1) is 0 Å². The van der Waals surface area contributed by atoms with Gasteiger partial charge in [0.15, 0.2) is 10.6 Å². The molecular formula is C12H19OS+. The fourth-order valence-corrected chi connectivity index (χ4v) is 2.06. The zero-order valence-corrected chi connectivity index (χ0v) is 10.4. The second-order valence-electron chi connectivity index (χ2n) is 4.48. The minimum absolute atomic E-state index is 0.116. The first-order valence-corrected chi connectivity index (χ1v) is 6.80. The highest BCUT2D eigenvalue weighted by Crippen LogP contribution is 2.26. The summed E-state index contributed by atoms with van der Waals surface area (Å²) in [6.07, 6.45) is 4.43. The summed E-state index contributed by atoms with van der Waals surface area (Å²) in [6, 6.07) is 8.28. The van der Waals surface area contributed by atoms with Crippen LogP contribution in [0.15, 0.2) is 29.2 Å². The SMILES string of the molecule is C[S+](C)c1ccccc1OC(C)(C)C. The Morgan fingerprint density at radius 3 is 2.14 bits per heavy atom. The van der Waals surface area contributed by atoms with Crippen molar-refractivity contribution in [2.45, 2.75) is 31.3 Å². The lowest BCUT2D eigenvalue weighted by Crippen LogP contribution is -2.23. The highest BCUT2D eigenvalue weighted by atomic mass is 32.2. The molecule has 0 saturated carbocycles. The topological polar surface area (TPSA) is 9.23 Å². The number of ether oxygens (including phenoxy) is 1. The first-order chi connectivity index (χ1) is 6.40. The van der Waals surface area contributed by atoms with E-state index in [4.69, 9.17) is 4.74 Å². The van der Waals surface area contributed by atoms with Crippen LogP contribution in [0.5, 0.6) is 5.75 Å². The molecule has 1 nitrogen and oxygen atoms in total. The first-order valence-electron chi connectivity index (χ1n) is 4.76. The summed E-state index contributed by atoms with van der Waals surface area (Å²) in [5, 5.41) is 0. The lowest BCUT2D eigenvalue weighted by Gasteiger charge is -2.21. The Bertz CT molecular complexity index is 299. The molecule has 0 N–H and O–H groups in total. The number of hydrogen-bond donors (Lipinski definition) is 0. The van der Waals surface area contributed by atoms with Gasteiger partial charge in [-0.05, 0) is 32.9 Å². The fourth-order valence-electron chi connectivity index (χ4n) is 1.20. The maximum atomic E-state index is 5.90. The van der Waals surface area contributed by atoms with E-state index < -0.39 is 0 Å². The number of para-hydroxylation sites is 1. The van der Waals surface area contributed by atoms with Crippen LogP contribution in [-0.4, -0.2) is 18.1 Å². The molecule has 0 amide bonds. The predicted molar refractivity (Wildman–Crippen MR) is 64.3 cm³/mol. The van der Waals surface area contributed by atoms with E-state index in [0.29, 0.717) is 0 Å². The Kier molecular flexibility index (Phi) is 3.48. The van der Waals surface area contributed by atoms with Crippen molar-refractivity contribution in [3.05, 3.63) is 24.3 Å². The molecule has 14 heavy (non-hydrogen) atoms. The summed E-state index contributed by atoms with van der Waals surface area (Å²) in [7, 11) is 0.250. The van der Waals surface area contributed by atoms with Gasteiger partial charge in [-0.1, -0.05) is 12.1 Å². The molecule has 1 rings (SSSR count). The molecule has 0 radical (unpaired) electrons. The van der Waals surface area contributed by atoms with Crippen LogP contribution in [0.25, 0.3) is 0 Å². The molecule has 0 bridgehead atoms. The average molecular weight is 211 g/mol. The molecule has 0 atom stereocenters. The van der Waals surface area contributed by atoms with Crippen molar-refractivity contribution in [3.8, 4) is 5.75 Å². The molecule has 0 aromatic heterocycles. The summed E-state index contributed by atoms with van der Waals surface area (Å²) in [4.78, 5) is 1.31. The number of benzene rings is 1. The first kappa shape index (κ1) is 11.4. The van der Waals surface area contributed by atoms with Gasteiger partial charge in [-0.2, -0.15) is 0 Å². The third-order valence-electron chi connectivity index (χ3n) is 1.71. The smallest absolute Gasteiger partial charge is 0.196 e. The van der Waals surface area contributed by atoms with Crippen molar-refractivity contribution in [3.63, 3.8) is 0 Å². The van der Waals surface area contributed by atoms with E-state index in [1.807, 2.05) is 12.1 Å². The molecule has 0 unspecified atom stereocenters. The zero-order chi connectivity index (χ0) is 10.8. The van der Waals surface area contributed by atoms with E-state index in [9.17, 15) is 0 Å². The minimum atomic E-state index is -0.116. The Balaban J connectivity index is 2.96.